The number of carboxylic acids is 1. The number of carboxylic acid groups (broad SMARTS) is 1. The lowest BCUT2D eigenvalue weighted by molar-refractivity contribution is -0.141. The van der Waals surface area contributed by atoms with Crippen LogP contribution in [0.3, 0.4) is 0 Å². The Kier molecular flexibility index (Phi) is 4.22. The Bertz CT molecular complexity index is 234. The average molecular weight is 211 g/mol. The van der Waals surface area contributed by atoms with Crippen molar-refractivity contribution in [1.29, 1.82) is 0 Å². The molecule has 0 aromatic rings. The summed E-state index contributed by atoms with van der Waals surface area (Å²) in [4.78, 5) is 20.2. The fourth-order valence-electron chi connectivity index (χ4n) is 0.698. The normalized spacial score (nSPS) is 13.4. The number of nitrogens with one attached hydrogen (secondary N) is 1. The summed E-state index contributed by atoms with van der Waals surface area (Å²) < 4.78 is 25.6. The van der Waals surface area contributed by atoms with Crippen molar-refractivity contribution >= 4 is 12.0 Å². The van der Waals surface area contributed by atoms with Crippen molar-refractivity contribution in [3.05, 3.63) is 0 Å². The molecule has 0 aliphatic heterocycles. The predicted molar refractivity (Wildman–Crippen MR) is 42.8 cm³/mol. The van der Waals surface area contributed by atoms with E-state index in [1.807, 2.05) is 0 Å². The van der Waals surface area contributed by atoms with E-state index in [2.05, 4.69) is 5.73 Å². The summed E-state index contributed by atoms with van der Waals surface area (Å²) in [5.41, 5.74) is 9.44. The van der Waals surface area contributed by atoms with Crippen LogP contribution in [0.15, 0.2) is 0 Å². The third kappa shape index (κ3) is 5.25. The number of carbonyl (C=O) groups excluding carboxylic acids is 1. The Hall–Kier alpha value is -1.44. The summed E-state index contributed by atoms with van der Waals surface area (Å²) in [6.07, 6.45) is -1.05. The van der Waals surface area contributed by atoms with Gasteiger partial charge in [-0.15, -0.1) is 0 Å². The molecule has 6 N–H and O–H groups in total. The first-order valence-electron chi connectivity index (χ1n) is 3.64. The van der Waals surface area contributed by atoms with E-state index in [4.69, 9.17) is 10.8 Å². The largest absolute Gasteiger partial charge is 0.480 e. The number of halogens is 2. The van der Waals surface area contributed by atoms with E-state index in [9.17, 15) is 18.4 Å². The highest BCUT2D eigenvalue weighted by Gasteiger charge is 2.34. The molecule has 2 amide bonds. The van der Waals surface area contributed by atoms with Gasteiger partial charge in [0.25, 0.3) is 5.92 Å². The van der Waals surface area contributed by atoms with Gasteiger partial charge in [-0.2, -0.15) is 0 Å². The quantitative estimate of drug-likeness (QED) is 0.470. The molecule has 0 bridgehead atoms. The maximum atomic E-state index is 12.8. The molecule has 0 saturated heterocycles. The van der Waals surface area contributed by atoms with Crippen LogP contribution in [0.4, 0.5) is 13.6 Å². The number of carbonyl (C=O) groups is 2. The number of primary amides is 1. The Morgan fingerprint density at radius 3 is 2.36 bits per heavy atom. The highest BCUT2D eigenvalue weighted by molar-refractivity contribution is 5.73. The Balaban J connectivity index is 4.06. The van der Waals surface area contributed by atoms with E-state index < -0.39 is 36.9 Å². The summed E-state index contributed by atoms with van der Waals surface area (Å²) in [6.45, 7) is -1.02. The summed E-state index contributed by atoms with van der Waals surface area (Å²) in [7, 11) is 0. The molecule has 6 nitrogen and oxygen atoms in total. The van der Waals surface area contributed by atoms with Crippen LogP contribution in [0, 0.1) is 0 Å². The minimum Gasteiger partial charge on any atom is -0.480 e. The van der Waals surface area contributed by atoms with Crippen LogP contribution in [-0.4, -0.2) is 35.6 Å². The Morgan fingerprint density at radius 2 is 2.00 bits per heavy atom. The van der Waals surface area contributed by atoms with Gasteiger partial charge < -0.3 is 21.9 Å². The summed E-state index contributed by atoms with van der Waals surface area (Å²) in [6, 6.07) is -2.77. The van der Waals surface area contributed by atoms with Crippen molar-refractivity contribution in [3.63, 3.8) is 0 Å². The molecule has 0 unspecified atom stereocenters. The molecule has 14 heavy (non-hydrogen) atoms. The van der Waals surface area contributed by atoms with Gasteiger partial charge in [0.2, 0.25) is 0 Å². The fraction of sp³-hybridized carbons (Fsp3) is 0.667. The molecule has 0 aromatic heterocycles. The number of alkyl halides is 2. The molecule has 0 aliphatic rings. The fourth-order valence-corrected chi connectivity index (χ4v) is 0.698. The zero-order chi connectivity index (χ0) is 11.4. The minimum atomic E-state index is -3.38. The molecule has 0 aromatic carbocycles. The molecule has 82 valence electrons. The number of aliphatic carboxylic acids is 1. The van der Waals surface area contributed by atoms with E-state index in [-0.39, 0.29) is 0 Å². The van der Waals surface area contributed by atoms with Gasteiger partial charge in [-0.3, -0.25) is 4.79 Å². The maximum absolute atomic E-state index is 12.8. The van der Waals surface area contributed by atoms with Crippen molar-refractivity contribution in [2.75, 3.05) is 6.54 Å². The monoisotopic (exact) mass is 211 g/mol. The number of hydrogen-bond donors (Lipinski definition) is 4. The first-order chi connectivity index (χ1) is 6.24. The van der Waals surface area contributed by atoms with Crippen molar-refractivity contribution in [2.24, 2.45) is 11.5 Å². The second-order valence-corrected chi connectivity index (χ2v) is 2.72. The van der Waals surface area contributed by atoms with E-state index in [1.54, 1.807) is 5.32 Å². The third-order valence-electron chi connectivity index (χ3n) is 1.36. The van der Waals surface area contributed by atoms with E-state index in [0.29, 0.717) is 0 Å². The molecule has 0 fully saturated rings. The predicted octanol–water partition coefficient (Wildman–Crippen LogP) is -0.908. The third-order valence-corrected chi connectivity index (χ3v) is 1.36. The molecule has 0 radical (unpaired) electrons. The zero-order valence-electron chi connectivity index (χ0n) is 7.17. The van der Waals surface area contributed by atoms with E-state index in [0.717, 1.165) is 0 Å². The first kappa shape index (κ1) is 12.6. The van der Waals surface area contributed by atoms with Crippen LogP contribution in [-0.2, 0) is 4.79 Å². The van der Waals surface area contributed by atoms with Gasteiger partial charge in [0.05, 0.1) is 6.54 Å². The standard InChI is InChI=1S/C6H11F2N3O3/c7-6(8,2-11-5(10)14)1-3(9)4(12)13/h3H,1-2,9H2,(H,12,13)(H3,10,11,14)/t3-/m0/s1. The highest BCUT2D eigenvalue weighted by Crippen LogP contribution is 2.18. The molecule has 0 saturated carbocycles. The molecular weight excluding hydrogens is 200 g/mol. The van der Waals surface area contributed by atoms with Gasteiger partial charge >= 0.3 is 12.0 Å². The second kappa shape index (κ2) is 4.70. The number of hydrogen-bond acceptors (Lipinski definition) is 3. The number of amides is 2. The summed E-state index contributed by atoms with van der Waals surface area (Å²) >= 11 is 0. The summed E-state index contributed by atoms with van der Waals surface area (Å²) in [5.74, 6) is -4.91. The Labute approximate surface area is 78.2 Å². The van der Waals surface area contributed by atoms with Crippen molar-refractivity contribution in [3.8, 4) is 0 Å². The maximum Gasteiger partial charge on any atom is 0.320 e. The lowest BCUT2D eigenvalue weighted by Crippen LogP contribution is -2.44. The second-order valence-electron chi connectivity index (χ2n) is 2.72. The molecule has 0 aliphatic carbocycles. The van der Waals surface area contributed by atoms with Crippen molar-refractivity contribution in [1.82, 2.24) is 5.32 Å². The lowest BCUT2D eigenvalue weighted by Gasteiger charge is -2.18. The smallest absolute Gasteiger partial charge is 0.320 e. The number of urea groups is 1. The van der Waals surface area contributed by atoms with Crippen LogP contribution < -0.4 is 16.8 Å². The van der Waals surface area contributed by atoms with Gasteiger partial charge in [-0.25, -0.2) is 13.6 Å². The zero-order valence-corrected chi connectivity index (χ0v) is 7.17. The van der Waals surface area contributed by atoms with Gasteiger partial charge in [-0.1, -0.05) is 0 Å². The van der Waals surface area contributed by atoms with E-state index in [1.165, 1.54) is 0 Å². The summed E-state index contributed by atoms with van der Waals surface area (Å²) in [5, 5.41) is 9.92. The van der Waals surface area contributed by atoms with Crippen LogP contribution in [0.25, 0.3) is 0 Å². The number of rotatable bonds is 5. The molecule has 1 atom stereocenters. The molecule has 0 heterocycles. The molecule has 0 spiro atoms. The van der Waals surface area contributed by atoms with Crippen LogP contribution in [0.5, 0.6) is 0 Å². The highest BCUT2D eigenvalue weighted by atomic mass is 19.3. The van der Waals surface area contributed by atoms with Gasteiger partial charge in [0, 0.05) is 6.42 Å². The minimum absolute atomic E-state index is 1.02. The van der Waals surface area contributed by atoms with Crippen LogP contribution in [0.2, 0.25) is 0 Å². The molecular formula is C6H11F2N3O3. The lowest BCUT2D eigenvalue weighted by atomic mass is 10.1. The average Bonchev–Trinajstić information content (AvgIpc) is 2.00. The SMILES string of the molecule is NC(=O)NCC(F)(F)C[C@H](N)C(=O)O. The van der Waals surface area contributed by atoms with Crippen LogP contribution in [0.1, 0.15) is 6.42 Å². The topological polar surface area (TPSA) is 118 Å². The van der Waals surface area contributed by atoms with Gasteiger partial charge in [-0.05, 0) is 0 Å². The Morgan fingerprint density at radius 1 is 1.50 bits per heavy atom. The van der Waals surface area contributed by atoms with Crippen LogP contribution >= 0.6 is 0 Å². The van der Waals surface area contributed by atoms with Gasteiger partial charge in [0.1, 0.15) is 6.04 Å². The molecule has 0 rings (SSSR count). The van der Waals surface area contributed by atoms with Crippen molar-refractivity contribution < 1.29 is 23.5 Å². The molecule has 8 heteroatoms. The van der Waals surface area contributed by atoms with Crippen molar-refractivity contribution in [2.45, 2.75) is 18.4 Å². The van der Waals surface area contributed by atoms with E-state index >= 15 is 0 Å². The first-order valence-corrected chi connectivity index (χ1v) is 3.64. The number of nitrogens with two attached hydrogens (primary N) is 2. The van der Waals surface area contributed by atoms with Gasteiger partial charge in [0.15, 0.2) is 0 Å².